The SMILES string of the molecule is C[C@@H](Cc1ccc2ccccc2c1)N(O)C(=O)OC(C)(C)C. The zero-order chi connectivity index (χ0) is 16.3. The second kappa shape index (κ2) is 6.36. The molecule has 2 aromatic rings. The quantitative estimate of drug-likeness (QED) is 0.675. The summed E-state index contributed by atoms with van der Waals surface area (Å²) in [5.74, 6) is 0. The van der Waals surface area contributed by atoms with Crippen LogP contribution in [0.5, 0.6) is 0 Å². The maximum Gasteiger partial charge on any atom is 0.434 e. The number of hydroxylamine groups is 2. The maximum atomic E-state index is 11.9. The van der Waals surface area contributed by atoms with E-state index in [1.807, 2.05) is 30.3 Å². The standard InChI is InChI=1S/C18H23NO3/c1-13(19(21)17(20)22-18(2,3)4)11-14-9-10-15-7-5-6-8-16(15)12-14/h5-10,12-13,21H,11H2,1-4H3/t13-/m0/s1. The van der Waals surface area contributed by atoms with Gasteiger partial charge in [0.1, 0.15) is 5.60 Å². The summed E-state index contributed by atoms with van der Waals surface area (Å²) in [5, 5.41) is 13.0. The molecule has 2 rings (SSSR count). The molecule has 0 fully saturated rings. The molecule has 0 spiro atoms. The van der Waals surface area contributed by atoms with Gasteiger partial charge in [-0.2, -0.15) is 5.06 Å². The minimum absolute atomic E-state index is 0.365. The molecule has 0 aliphatic rings. The lowest BCUT2D eigenvalue weighted by Crippen LogP contribution is -2.40. The van der Waals surface area contributed by atoms with Gasteiger partial charge >= 0.3 is 6.09 Å². The predicted molar refractivity (Wildman–Crippen MR) is 87.0 cm³/mol. The fourth-order valence-corrected chi connectivity index (χ4v) is 2.28. The van der Waals surface area contributed by atoms with Gasteiger partial charge in [-0.25, -0.2) is 4.79 Å². The highest BCUT2D eigenvalue weighted by Gasteiger charge is 2.24. The van der Waals surface area contributed by atoms with Crippen LogP contribution in [0.4, 0.5) is 4.79 Å². The van der Waals surface area contributed by atoms with Crippen LogP contribution in [0.25, 0.3) is 10.8 Å². The van der Waals surface area contributed by atoms with Crippen LogP contribution in [0.1, 0.15) is 33.3 Å². The molecule has 0 aliphatic heterocycles. The van der Waals surface area contributed by atoms with Crippen LogP contribution < -0.4 is 0 Å². The molecule has 0 heterocycles. The highest BCUT2D eigenvalue weighted by atomic mass is 16.6. The molecule has 2 aromatic carbocycles. The Hall–Kier alpha value is -2.07. The lowest BCUT2D eigenvalue weighted by atomic mass is 10.0. The molecule has 4 heteroatoms. The highest BCUT2D eigenvalue weighted by Crippen LogP contribution is 2.18. The summed E-state index contributed by atoms with van der Waals surface area (Å²) >= 11 is 0. The van der Waals surface area contributed by atoms with Crippen molar-refractivity contribution in [2.75, 3.05) is 0 Å². The molecule has 0 bridgehead atoms. The van der Waals surface area contributed by atoms with Crippen LogP contribution in [0.3, 0.4) is 0 Å². The van der Waals surface area contributed by atoms with Crippen molar-refractivity contribution >= 4 is 16.9 Å². The first-order valence-electron chi connectivity index (χ1n) is 7.45. The third kappa shape index (κ3) is 4.21. The number of amides is 1. The van der Waals surface area contributed by atoms with E-state index in [0.717, 1.165) is 10.9 Å². The number of fused-ring (bicyclic) bond motifs is 1. The topological polar surface area (TPSA) is 49.8 Å². The van der Waals surface area contributed by atoms with Gasteiger partial charge in [-0.15, -0.1) is 0 Å². The van der Waals surface area contributed by atoms with Crippen molar-refractivity contribution < 1.29 is 14.7 Å². The average molecular weight is 301 g/mol. The minimum Gasteiger partial charge on any atom is -0.442 e. The predicted octanol–water partition coefficient (Wildman–Crippen LogP) is 4.40. The summed E-state index contributed by atoms with van der Waals surface area (Å²) < 4.78 is 5.17. The number of benzene rings is 2. The monoisotopic (exact) mass is 301 g/mol. The Morgan fingerprint density at radius 3 is 2.45 bits per heavy atom. The summed E-state index contributed by atoms with van der Waals surface area (Å²) in [6, 6.07) is 13.9. The second-order valence-electron chi connectivity index (χ2n) is 6.56. The van der Waals surface area contributed by atoms with Crippen LogP contribution in [0.15, 0.2) is 42.5 Å². The Morgan fingerprint density at radius 2 is 1.82 bits per heavy atom. The molecule has 1 amide bonds. The van der Waals surface area contributed by atoms with E-state index in [2.05, 4.69) is 12.1 Å². The average Bonchev–Trinajstić information content (AvgIpc) is 2.44. The van der Waals surface area contributed by atoms with E-state index in [-0.39, 0.29) is 6.04 Å². The third-order valence-electron chi connectivity index (χ3n) is 3.34. The van der Waals surface area contributed by atoms with Gasteiger partial charge in [-0.05, 0) is 50.5 Å². The third-order valence-corrected chi connectivity index (χ3v) is 3.34. The molecule has 22 heavy (non-hydrogen) atoms. The van der Waals surface area contributed by atoms with Crippen molar-refractivity contribution in [1.82, 2.24) is 5.06 Å². The molecule has 118 valence electrons. The lowest BCUT2D eigenvalue weighted by Gasteiger charge is -2.27. The van der Waals surface area contributed by atoms with E-state index < -0.39 is 11.7 Å². The molecule has 1 atom stereocenters. The smallest absolute Gasteiger partial charge is 0.434 e. The summed E-state index contributed by atoms with van der Waals surface area (Å²) in [4.78, 5) is 11.9. The van der Waals surface area contributed by atoms with E-state index in [1.165, 1.54) is 5.39 Å². The van der Waals surface area contributed by atoms with Crippen molar-refractivity contribution in [3.8, 4) is 0 Å². The number of carbonyl (C=O) groups excluding carboxylic acids is 1. The van der Waals surface area contributed by atoms with Crippen molar-refractivity contribution in [1.29, 1.82) is 0 Å². The van der Waals surface area contributed by atoms with E-state index in [0.29, 0.717) is 11.5 Å². The first kappa shape index (κ1) is 16.3. The van der Waals surface area contributed by atoms with E-state index in [4.69, 9.17) is 4.74 Å². The van der Waals surface area contributed by atoms with Gasteiger partial charge in [0.05, 0.1) is 6.04 Å². The largest absolute Gasteiger partial charge is 0.442 e. The molecule has 4 nitrogen and oxygen atoms in total. The van der Waals surface area contributed by atoms with Gasteiger partial charge in [-0.1, -0.05) is 42.5 Å². The Morgan fingerprint density at radius 1 is 1.18 bits per heavy atom. The van der Waals surface area contributed by atoms with Crippen molar-refractivity contribution in [3.05, 3.63) is 48.0 Å². The molecule has 0 unspecified atom stereocenters. The first-order chi connectivity index (χ1) is 10.3. The maximum absolute atomic E-state index is 11.9. The molecule has 0 radical (unpaired) electrons. The van der Waals surface area contributed by atoms with E-state index in [1.54, 1.807) is 27.7 Å². The number of nitrogens with zero attached hydrogens (tertiary/aromatic N) is 1. The van der Waals surface area contributed by atoms with E-state index in [9.17, 15) is 10.0 Å². The minimum atomic E-state index is -0.721. The van der Waals surface area contributed by atoms with Gasteiger partial charge in [0.25, 0.3) is 0 Å². The van der Waals surface area contributed by atoms with Gasteiger partial charge in [0.2, 0.25) is 0 Å². The number of rotatable bonds is 3. The van der Waals surface area contributed by atoms with Gasteiger partial charge in [-0.3, -0.25) is 5.21 Å². The van der Waals surface area contributed by atoms with Crippen LogP contribution in [-0.4, -0.2) is 28.0 Å². The lowest BCUT2D eigenvalue weighted by molar-refractivity contribution is -0.116. The summed E-state index contributed by atoms with van der Waals surface area (Å²) in [7, 11) is 0. The Labute approximate surface area is 131 Å². The second-order valence-corrected chi connectivity index (χ2v) is 6.56. The molecule has 0 saturated heterocycles. The number of hydrogen-bond donors (Lipinski definition) is 1. The molecular weight excluding hydrogens is 278 g/mol. The summed E-state index contributed by atoms with van der Waals surface area (Å²) in [5.41, 5.74) is 0.439. The van der Waals surface area contributed by atoms with Gasteiger partial charge in [0, 0.05) is 0 Å². The fraction of sp³-hybridized carbons (Fsp3) is 0.389. The van der Waals surface area contributed by atoms with Crippen molar-refractivity contribution in [3.63, 3.8) is 0 Å². The number of ether oxygens (including phenoxy) is 1. The fourth-order valence-electron chi connectivity index (χ4n) is 2.28. The molecule has 0 aromatic heterocycles. The highest BCUT2D eigenvalue weighted by molar-refractivity contribution is 5.83. The summed E-state index contributed by atoms with van der Waals surface area (Å²) in [6.07, 6.45) is -0.165. The first-order valence-corrected chi connectivity index (χ1v) is 7.45. The molecule has 1 N–H and O–H groups in total. The zero-order valence-electron chi connectivity index (χ0n) is 13.5. The Kier molecular flexibility index (Phi) is 4.71. The molecule has 0 aliphatic carbocycles. The van der Waals surface area contributed by atoms with Crippen LogP contribution in [0.2, 0.25) is 0 Å². The van der Waals surface area contributed by atoms with Gasteiger partial charge < -0.3 is 4.74 Å². The molecular formula is C18H23NO3. The normalized spacial score (nSPS) is 13.0. The number of hydrogen-bond acceptors (Lipinski definition) is 3. The Bertz CT molecular complexity index is 661. The van der Waals surface area contributed by atoms with Crippen LogP contribution >= 0.6 is 0 Å². The number of carbonyl (C=O) groups is 1. The zero-order valence-corrected chi connectivity index (χ0v) is 13.5. The van der Waals surface area contributed by atoms with Crippen molar-refractivity contribution in [2.24, 2.45) is 0 Å². The Balaban J connectivity index is 2.06. The summed E-state index contributed by atoms with van der Waals surface area (Å²) in [6.45, 7) is 7.10. The van der Waals surface area contributed by atoms with Crippen molar-refractivity contribution in [2.45, 2.75) is 45.8 Å². The van der Waals surface area contributed by atoms with Crippen LogP contribution in [-0.2, 0) is 11.2 Å². The molecule has 0 saturated carbocycles. The van der Waals surface area contributed by atoms with E-state index >= 15 is 0 Å². The van der Waals surface area contributed by atoms with Crippen LogP contribution in [0, 0.1) is 0 Å². The van der Waals surface area contributed by atoms with Gasteiger partial charge in [0.15, 0.2) is 0 Å².